The number of thiophene rings is 1. The minimum absolute atomic E-state index is 0.139. The third kappa shape index (κ3) is 2.25. The minimum atomic E-state index is 0.139. The summed E-state index contributed by atoms with van der Waals surface area (Å²) in [6.45, 7) is 9.24. The van der Waals surface area contributed by atoms with Crippen molar-refractivity contribution in [2.45, 2.75) is 38.5 Å². The molecule has 102 valence electrons. The van der Waals surface area contributed by atoms with Gasteiger partial charge in [-0.1, -0.05) is 33.8 Å². The highest BCUT2D eigenvalue weighted by Gasteiger charge is 2.38. The number of aromatic amines is 1. The van der Waals surface area contributed by atoms with Gasteiger partial charge in [-0.3, -0.25) is 0 Å². The van der Waals surface area contributed by atoms with Gasteiger partial charge < -0.3 is 4.98 Å². The van der Waals surface area contributed by atoms with Crippen LogP contribution in [0.4, 0.5) is 0 Å². The maximum absolute atomic E-state index is 4.94. The fourth-order valence-corrected chi connectivity index (χ4v) is 4.66. The molecule has 0 aliphatic carbocycles. The topological polar surface area (TPSA) is 28.7 Å². The van der Waals surface area contributed by atoms with Crippen molar-refractivity contribution >= 4 is 23.1 Å². The van der Waals surface area contributed by atoms with Gasteiger partial charge in [-0.05, 0) is 11.4 Å². The predicted molar refractivity (Wildman–Crippen MR) is 85.3 cm³/mol. The molecule has 0 atom stereocenters. The Morgan fingerprint density at radius 3 is 2.58 bits per heavy atom. The largest absolute Gasteiger partial charge is 0.340 e. The van der Waals surface area contributed by atoms with Crippen LogP contribution in [0, 0.1) is 0 Å². The highest BCUT2D eigenvalue weighted by molar-refractivity contribution is 7.99. The molecule has 0 saturated heterocycles. The molecular weight excluding hydrogens is 272 g/mol. The van der Waals surface area contributed by atoms with Crippen molar-refractivity contribution in [3.63, 3.8) is 0 Å². The number of nitrogens with one attached hydrogen (secondary N) is 1. The average Bonchev–Trinajstić information content (AvgIpc) is 2.96. The quantitative estimate of drug-likeness (QED) is 0.841. The SMILES string of the molecule is CC1(C)CSCC(C)(C)c2[nH]c(-c3cccs3)nc21. The van der Waals surface area contributed by atoms with Crippen LogP contribution in [0.3, 0.4) is 0 Å². The van der Waals surface area contributed by atoms with Crippen LogP contribution in [0.2, 0.25) is 0 Å². The Labute approximate surface area is 123 Å². The monoisotopic (exact) mass is 292 g/mol. The summed E-state index contributed by atoms with van der Waals surface area (Å²) in [5.74, 6) is 3.32. The number of hydrogen-bond donors (Lipinski definition) is 1. The highest BCUT2D eigenvalue weighted by Crippen LogP contribution is 2.42. The lowest BCUT2D eigenvalue weighted by Crippen LogP contribution is -2.24. The van der Waals surface area contributed by atoms with Gasteiger partial charge in [0.25, 0.3) is 0 Å². The molecule has 2 aromatic rings. The second-order valence-electron chi connectivity index (χ2n) is 6.55. The van der Waals surface area contributed by atoms with E-state index < -0.39 is 0 Å². The van der Waals surface area contributed by atoms with Crippen molar-refractivity contribution < 1.29 is 0 Å². The maximum atomic E-state index is 4.94. The van der Waals surface area contributed by atoms with E-state index in [0.29, 0.717) is 0 Å². The number of rotatable bonds is 1. The van der Waals surface area contributed by atoms with Gasteiger partial charge in [0.2, 0.25) is 0 Å². The number of nitrogens with zero attached hydrogens (tertiary/aromatic N) is 1. The van der Waals surface area contributed by atoms with E-state index in [4.69, 9.17) is 4.98 Å². The lowest BCUT2D eigenvalue weighted by molar-refractivity contribution is 0.539. The van der Waals surface area contributed by atoms with E-state index in [-0.39, 0.29) is 10.8 Å². The molecule has 1 N–H and O–H groups in total. The molecular formula is C15H20N2S2. The molecule has 0 unspecified atom stereocenters. The Hall–Kier alpha value is -0.740. The van der Waals surface area contributed by atoms with Gasteiger partial charge in [-0.15, -0.1) is 11.3 Å². The van der Waals surface area contributed by atoms with Gasteiger partial charge >= 0.3 is 0 Å². The van der Waals surface area contributed by atoms with Crippen LogP contribution in [0.25, 0.3) is 10.7 Å². The zero-order valence-corrected chi connectivity index (χ0v) is 13.5. The summed E-state index contributed by atoms with van der Waals surface area (Å²) in [6, 6.07) is 4.22. The highest BCUT2D eigenvalue weighted by atomic mass is 32.2. The smallest absolute Gasteiger partial charge is 0.147 e. The molecule has 1 aliphatic rings. The normalized spacial score (nSPS) is 20.8. The first kappa shape index (κ1) is 13.3. The summed E-state index contributed by atoms with van der Waals surface area (Å²) in [5.41, 5.74) is 2.88. The molecule has 0 fully saturated rings. The Balaban J connectivity index is 2.17. The second kappa shape index (κ2) is 4.38. The number of imidazole rings is 1. The molecule has 0 radical (unpaired) electrons. The Morgan fingerprint density at radius 2 is 1.89 bits per heavy atom. The first-order valence-electron chi connectivity index (χ1n) is 6.63. The molecule has 4 heteroatoms. The van der Waals surface area contributed by atoms with Crippen LogP contribution >= 0.6 is 23.1 Å². The summed E-state index contributed by atoms with van der Waals surface area (Å²) < 4.78 is 0. The van der Waals surface area contributed by atoms with Crippen LogP contribution < -0.4 is 0 Å². The standard InChI is InChI=1S/C15H20N2S2/c1-14(2)8-18-9-15(3,4)12-11(14)16-13(17-12)10-6-5-7-19-10/h5-7H,8-9H2,1-4H3,(H,16,17). The van der Waals surface area contributed by atoms with E-state index in [0.717, 1.165) is 17.3 Å². The van der Waals surface area contributed by atoms with Crippen molar-refractivity contribution in [3.8, 4) is 10.7 Å². The van der Waals surface area contributed by atoms with Gasteiger partial charge in [-0.2, -0.15) is 11.8 Å². The summed E-state index contributed by atoms with van der Waals surface area (Å²) in [4.78, 5) is 9.78. The molecule has 2 aromatic heterocycles. The van der Waals surface area contributed by atoms with Crippen LogP contribution in [0.1, 0.15) is 39.1 Å². The number of aromatic nitrogens is 2. The van der Waals surface area contributed by atoms with Gasteiger partial charge in [0.05, 0.1) is 10.6 Å². The van der Waals surface area contributed by atoms with Gasteiger partial charge in [-0.25, -0.2) is 4.98 Å². The van der Waals surface area contributed by atoms with Crippen LogP contribution in [0.5, 0.6) is 0 Å². The molecule has 0 amide bonds. The molecule has 0 spiro atoms. The zero-order valence-electron chi connectivity index (χ0n) is 11.9. The van der Waals surface area contributed by atoms with Gasteiger partial charge in [0.1, 0.15) is 5.82 Å². The molecule has 0 aromatic carbocycles. The molecule has 3 rings (SSSR count). The first-order chi connectivity index (χ1) is 8.90. The Morgan fingerprint density at radius 1 is 1.16 bits per heavy atom. The van der Waals surface area contributed by atoms with Crippen LogP contribution in [-0.2, 0) is 10.8 Å². The van der Waals surface area contributed by atoms with Crippen LogP contribution in [-0.4, -0.2) is 21.5 Å². The number of thioether (sulfide) groups is 1. The van der Waals surface area contributed by atoms with Crippen LogP contribution in [0.15, 0.2) is 17.5 Å². The third-order valence-electron chi connectivity index (χ3n) is 3.70. The Kier molecular flexibility index (Phi) is 3.06. The minimum Gasteiger partial charge on any atom is -0.340 e. The predicted octanol–water partition coefficient (Wildman–Crippen LogP) is 4.44. The molecule has 3 heterocycles. The van der Waals surface area contributed by atoms with Crippen molar-refractivity contribution in [1.29, 1.82) is 0 Å². The second-order valence-corrected chi connectivity index (χ2v) is 8.48. The third-order valence-corrected chi connectivity index (χ3v) is 6.43. The van der Waals surface area contributed by atoms with E-state index in [1.165, 1.54) is 16.3 Å². The zero-order chi connectivity index (χ0) is 13.7. The van der Waals surface area contributed by atoms with E-state index in [9.17, 15) is 0 Å². The summed E-state index contributed by atoms with van der Waals surface area (Å²) >= 11 is 3.78. The maximum Gasteiger partial charge on any atom is 0.147 e. The van der Waals surface area contributed by atoms with E-state index >= 15 is 0 Å². The van der Waals surface area contributed by atoms with Crippen molar-refractivity contribution in [1.82, 2.24) is 9.97 Å². The average molecular weight is 292 g/mol. The number of fused-ring (bicyclic) bond motifs is 1. The van der Waals surface area contributed by atoms with E-state index in [1.54, 1.807) is 11.3 Å². The summed E-state index contributed by atoms with van der Waals surface area (Å²) in [5, 5.41) is 2.11. The molecule has 19 heavy (non-hydrogen) atoms. The fourth-order valence-electron chi connectivity index (χ4n) is 2.58. The molecule has 0 saturated carbocycles. The first-order valence-corrected chi connectivity index (χ1v) is 8.66. The lowest BCUT2D eigenvalue weighted by atomic mass is 9.82. The number of H-pyrrole nitrogens is 1. The molecule has 0 bridgehead atoms. The van der Waals surface area contributed by atoms with Crippen molar-refractivity contribution in [2.24, 2.45) is 0 Å². The van der Waals surface area contributed by atoms with Gasteiger partial charge in [0.15, 0.2) is 0 Å². The van der Waals surface area contributed by atoms with E-state index in [2.05, 4.69) is 50.2 Å². The van der Waals surface area contributed by atoms with Crippen molar-refractivity contribution in [3.05, 3.63) is 28.9 Å². The van der Waals surface area contributed by atoms with Gasteiger partial charge in [0, 0.05) is 28.0 Å². The van der Waals surface area contributed by atoms with Crippen molar-refractivity contribution in [2.75, 3.05) is 11.5 Å². The molecule has 2 nitrogen and oxygen atoms in total. The summed E-state index contributed by atoms with van der Waals surface area (Å²) in [7, 11) is 0. The summed E-state index contributed by atoms with van der Waals surface area (Å²) in [6.07, 6.45) is 0. The Bertz CT molecular complexity index is 546. The van der Waals surface area contributed by atoms with E-state index in [1.807, 2.05) is 11.8 Å². The lowest BCUT2D eigenvalue weighted by Gasteiger charge is -2.23. The molecule has 1 aliphatic heterocycles. The number of hydrogen-bond acceptors (Lipinski definition) is 3. The fraction of sp³-hybridized carbons (Fsp3) is 0.533.